The summed E-state index contributed by atoms with van der Waals surface area (Å²) in [7, 11) is 2.14. The van der Waals surface area contributed by atoms with Crippen LogP contribution in [-0.2, 0) is 6.42 Å². The predicted octanol–water partition coefficient (Wildman–Crippen LogP) is 3.19. The number of hydrogen-bond donors (Lipinski definition) is 1. The fourth-order valence-electron chi connectivity index (χ4n) is 3.00. The van der Waals surface area contributed by atoms with Crippen LogP contribution >= 0.6 is 11.3 Å². The molecule has 1 aromatic carbocycles. The number of carbonyl (C=O) groups excluding carboxylic acids is 1. The molecule has 4 nitrogen and oxygen atoms in total. The first-order valence-electron chi connectivity index (χ1n) is 8.47. The van der Waals surface area contributed by atoms with Gasteiger partial charge in [0, 0.05) is 19.5 Å². The Bertz CT molecular complexity index is 632. The van der Waals surface area contributed by atoms with Crippen molar-refractivity contribution in [3.05, 3.63) is 52.2 Å². The van der Waals surface area contributed by atoms with Gasteiger partial charge in [0.1, 0.15) is 11.9 Å². The van der Waals surface area contributed by atoms with Gasteiger partial charge in [0.2, 0.25) is 0 Å². The summed E-state index contributed by atoms with van der Waals surface area (Å²) in [6.07, 6.45) is 3.32. The Morgan fingerprint density at radius 3 is 2.96 bits per heavy atom. The first kappa shape index (κ1) is 17.0. The molecule has 2 heterocycles. The average Bonchev–Trinajstić information content (AvgIpc) is 3.23. The van der Waals surface area contributed by atoms with Crippen LogP contribution in [-0.4, -0.2) is 43.6 Å². The van der Waals surface area contributed by atoms with Gasteiger partial charge in [0.05, 0.1) is 4.88 Å². The summed E-state index contributed by atoms with van der Waals surface area (Å²) < 4.78 is 5.98. The second kappa shape index (κ2) is 8.31. The van der Waals surface area contributed by atoms with Gasteiger partial charge in [-0.3, -0.25) is 4.79 Å². The van der Waals surface area contributed by atoms with Gasteiger partial charge in [-0.1, -0.05) is 24.3 Å². The van der Waals surface area contributed by atoms with Crippen molar-refractivity contribution >= 4 is 17.2 Å². The Hall–Kier alpha value is -1.85. The number of nitrogens with zero attached hydrogens (tertiary/aromatic N) is 1. The second-order valence-corrected chi connectivity index (χ2v) is 7.20. The number of fused-ring (bicyclic) bond motifs is 1. The zero-order chi connectivity index (χ0) is 16.8. The van der Waals surface area contributed by atoms with Gasteiger partial charge in [-0.05, 0) is 49.5 Å². The number of likely N-dealkylation sites (N-methyl/N-ethyl adjacent to an activating group) is 1. The maximum Gasteiger partial charge on any atom is 0.261 e. The minimum Gasteiger partial charge on any atom is -0.488 e. The zero-order valence-corrected chi connectivity index (χ0v) is 14.8. The molecule has 1 aliphatic heterocycles. The maximum atomic E-state index is 11.8. The molecule has 1 aliphatic rings. The van der Waals surface area contributed by atoms with Gasteiger partial charge in [-0.15, -0.1) is 11.3 Å². The van der Waals surface area contributed by atoms with Crippen LogP contribution < -0.4 is 10.1 Å². The number of rotatable bonds is 8. The molecule has 0 bridgehead atoms. The lowest BCUT2D eigenvalue weighted by molar-refractivity contribution is 0.0956. The Kier molecular flexibility index (Phi) is 5.88. The lowest BCUT2D eigenvalue weighted by atomic mass is 10.1. The van der Waals surface area contributed by atoms with Crippen molar-refractivity contribution in [3.63, 3.8) is 0 Å². The number of para-hydroxylation sites is 1. The van der Waals surface area contributed by atoms with Gasteiger partial charge < -0.3 is 15.0 Å². The van der Waals surface area contributed by atoms with Crippen LogP contribution in [0, 0.1) is 0 Å². The fourth-order valence-corrected chi connectivity index (χ4v) is 3.64. The highest BCUT2D eigenvalue weighted by Gasteiger charge is 2.23. The van der Waals surface area contributed by atoms with Crippen LogP contribution in [0.4, 0.5) is 0 Å². The van der Waals surface area contributed by atoms with E-state index in [2.05, 4.69) is 29.4 Å². The molecule has 0 radical (unpaired) electrons. The van der Waals surface area contributed by atoms with Gasteiger partial charge in [0.15, 0.2) is 0 Å². The number of benzene rings is 1. The predicted molar refractivity (Wildman–Crippen MR) is 97.9 cm³/mol. The highest BCUT2D eigenvalue weighted by molar-refractivity contribution is 7.12. The first-order chi connectivity index (χ1) is 11.7. The van der Waals surface area contributed by atoms with Crippen LogP contribution in [0.5, 0.6) is 5.75 Å². The molecule has 3 rings (SSSR count). The number of ether oxygens (including phenoxy) is 1. The summed E-state index contributed by atoms with van der Waals surface area (Å²) in [4.78, 5) is 14.9. The summed E-state index contributed by atoms with van der Waals surface area (Å²) in [5, 5.41) is 4.90. The molecule has 1 atom stereocenters. The zero-order valence-electron chi connectivity index (χ0n) is 14.0. The number of amides is 1. The van der Waals surface area contributed by atoms with E-state index in [4.69, 9.17) is 4.74 Å². The Morgan fingerprint density at radius 2 is 2.17 bits per heavy atom. The summed E-state index contributed by atoms with van der Waals surface area (Å²) in [6.45, 7) is 2.69. The molecule has 1 aromatic heterocycles. The average molecular weight is 344 g/mol. The largest absolute Gasteiger partial charge is 0.488 e. The summed E-state index contributed by atoms with van der Waals surface area (Å²) in [5.41, 5.74) is 1.31. The Morgan fingerprint density at radius 1 is 1.29 bits per heavy atom. The fraction of sp³-hybridized carbons (Fsp3) is 0.421. The third kappa shape index (κ3) is 4.58. The molecule has 0 aliphatic carbocycles. The van der Waals surface area contributed by atoms with Crippen LogP contribution in [0.1, 0.15) is 28.1 Å². The molecule has 0 fully saturated rings. The normalized spacial score (nSPS) is 16.0. The monoisotopic (exact) mass is 344 g/mol. The number of nitrogens with one attached hydrogen (secondary N) is 1. The van der Waals surface area contributed by atoms with E-state index >= 15 is 0 Å². The molecule has 24 heavy (non-hydrogen) atoms. The lowest BCUT2D eigenvalue weighted by Gasteiger charge is -2.20. The quantitative estimate of drug-likeness (QED) is 0.748. The van der Waals surface area contributed by atoms with E-state index in [-0.39, 0.29) is 12.0 Å². The summed E-state index contributed by atoms with van der Waals surface area (Å²) in [6, 6.07) is 12.0. The molecule has 0 spiro atoms. The van der Waals surface area contributed by atoms with E-state index in [1.165, 1.54) is 16.9 Å². The molecule has 2 aromatic rings. The van der Waals surface area contributed by atoms with Gasteiger partial charge in [-0.25, -0.2) is 0 Å². The minimum atomic E-state index is 0.0375. The van der Waals surface area contributed by atoms with Crippen LogP contribution in [0.2, 0.25) is 0 Å². The van der Waals surface area contributed by atoms with Crippen molar-refractivity contribution < 1.29 is 9.53 Å². The molecule has 0 saturated heterocycles. The van der Waals surface area contributed by atoms with Crippen molar-refractivity contribution in [1.29, 1.82) is 0 Å². The van der Waals surface area contributed by atoms with Crippen LogP contribution in [0.25, 0.3) is 0 Å². The van der Waals surface area contributed by atoms with Crippen molar-refractivity contribution in [2.75, 3.05) is 26.7 Å². The van der Waals surface area contributed by atoms with Gasteiger partial charge in [0.25, 0.3) is 5.91 Å². The lowest BCUT2D eigenvalue weighted by Crippen LogP contribution is -2.33. The summed E-state index contributed by atoms with van der Waals surface area (Å²) >= 11 is 1.48. The topological polar surface area (TPSA) is 41.6 Å². The summed E-state index contributed by atoms with van der Waals surface area (Å²) in [5.74, 6) is 1.07. The number of unbranched alkanes of at least 4 members (excludes halogenated alkanes) is 1. The molecule has 128 valence electrons. The molecule has 1 N–H and O–H groups in total. The van der Waals surface area contributed by atoms with E-state index in [9.17, 15) is 4.79 Å². The van der Waals surface area contributed by atoms with E-state index < -0.39 is 0 Å². The van der Waals surface area contributed by atoms with Crippen LogP contribution in [0.15, 0.2) is 41.8 Å². The van der Waals surface area contributed by atoms with E-state index in [1.807, 2.05) is 29.6 Å². The molecule has 5 heteroatoms. The second-order valence-electron chi connectivity index (χ2n) is 6.25. The Balaban J connectivity index is 1.28. The smallest absolute Gasteiger partial charge is 0.261 e. The van der Waals surface area contributed by atoms with E-state index in [0.29, 0.717) is 0 Å². The SMILES string of the molecule is CN(CCCCNC(=O)c1cccs1)CC1Cc2ccccc2O1. The number of thiophene rings is 1. The minimum absolute atomic E-state index is 0.0375. The first-order valence-corrected chi connectivity index (χ1v) is 9.35. The van der Waals surface area contributed by atoms with Crippen molar-refractivity contribution in [2.45, 2.75) is 25.4 Å². The third-order valence-electron chi connectivity index (χ3n) is 4.23. The van der Waals surface area contributed by atoms with E-state index in [0.717, 1.165) is 49.5 Å². The third-order valence-corrected chi connectivity index (χ3v) is 5.09. The molecule has 1 unspecified atom stereocenters. The Labute approximate surface area is 147 Å². The van der Waals surface area contributed by atoms with E-state index in [1.54, 1.807) is 0 Å². The van der Waals surface area contributed by atoms with Crippen molar-refractivity contribution in [3.8, 4) is 5.75 Å². The molecular formula is C19H24N2O2S. The molecule has 0 saturated carbocycles. The van der Waals surface area contributed by atoms with Gasteiger partial charge >= 0.3 is 0 Å². The maximum absolute atomic E-state index is 11.8. The standard InChI is InChI=1S/C19H24N2O2S/c1-21(14-16-13-15-7-2-3-8-17(15)23-16)11-5-4-10-20-19(22)18-9-6-12-24-18/h2-3,6-9,12,16H,4-5,10-11,13-14H2,1H3,(H,20,22). The van der Waals surface area contributed by atoms with Crippen molar-refractivity contribution in [1.82, 2.24) is 10.2 Å². The number of hydrogen-bond acceptors (Lipinski definition) is 4. The highest BCUT2D eigenvalue weighted by atomic mass is 32.1. The van der Waals surface area contributed by atoms with Crippen LogP contribution in [0.3, 0.4) is 0 Å². The highest BCUT2D eigenvalue weighted by Crippen LogP contribution is 2.28. The molecular weight excluding hydrogens is 320 g/mol. The van der Waals surface area contributed by atoms with Gasteiger partial charge in [-0.2, -0.15) is 0 Å². The van der Waals surface area contributed by atoms with Crippen molar-refractivity contribution in [2.24, 2.45) is 0 Å². The molecule has 1 amide bonds. The number of carbonyl (C=O) groups is 1.